The number of rotatable bonds is 9. The maximum atomic E-state index is 14.4. The van der Waals surface area contributed by atoms with Crippen LogP contribution >= 0.6 is 7.60 Å². The Bertz CT molecular complexity index is 559. The monoisotopic (exact) mass is 357 g/mol. The van der Waals surface area contributed by atoms with Crippen molar-refractivity contribution < 1.29 is 31.2 Å². The topological polar surface area (TPSA) is 47.6 Å². The molecule has 0 aromatic heterocycles. The van der Waals surface area contributed by atoms with Gasteiger partial charge in [0, 0.05) is 17.8 Å². The molecule has 4 nitrogen and oxygen atoms in total. The Labute approximate surface area is 132 Å². The van der Waals surface area contributed by atoms with Gasteiger partial charge in [0.25, 0.3) is 0 Å². The number of nitrogens with one attached hydrogen (secondary N) is 1. The van der Waals surface area contributed by atoms with E-state index >= 15 is 0 Å². The van der Waals surface area contributed by atoms with Gasteiger partial charge in [0.15, 0.2) is 0 Å². The van der Waals surface area contributed by atoms with Crippen LogP contribution in [-0.4, -0.2) is 25.4 Å². The minimum atomic E-state index is -5.34. The van der Waals surface area contributed by atoms with Crippen molar-refractivity contribution in [1.82, 2.24) is 0 Å². The lowest BCUT2D eigenvalue weighted by Gasteiger charge is -2.32. The van der Waals surface area contributed by atoms with E-state index < -0.39 is 38.0 Å². The summed E-state index contributed by atoms with van der Waals surface area (Å²) in [5.74, 6) is -4.72. The Balaban J connectivity index is 3.32. The Hall–Kier alpha value is -1.11. The van der Waals surface area contributed by atoms with Gasteiger partial charge in [-0.1, -0.05) is 12.1 Å². The van der Waals surface area contributed by atoms with Gasteiger partial charge in [-0.15, -0.1) is 0 Å². The summed E-state index contributed by atoms with van der Waals surface area (Å²) in [4.78, 5) is 0. The molecule has 132 valence electrons. The van der Waals surface area contributed by atoms with Crippen molar-refractivity contribution in [2.45, 2.75) is 32.4 Å². The van der Waals surface area contributed by atoms with Gasteiger partial charge < -0.3 is 14.4 Å². The fraction of sp³-hybridized carbons (Fsp3) is 0.571. The first-order valence-electron chi connectivity index (χ1n) is 7.15. The van der Waals surface area contributed by atoms with Crippen molar-refractivity contribution in [2.24, 2.45) is 0 Å². The van der Waals surface area contributed by atoms with Crippen LogP contribution in [0.4, 0.5) is 23.2 Å². The molecule has 0 aliphatic carbocycles. The Morgan fingerprint density at radius 1 is 1.09 bits per heavy atom. The number of alkyl halides is 4. The summed E-state index contributed by atoms with van der Waals surface area (Å²) in [6.45, 7) is 3.82. The average molecular weight is 357 g/mol. The second kappa shape index (κ2) is 7.64. The van der Waals surface area contributed by atoms with Crippen molar-refractivity contribution in [2.75, 3.05) is 25.1 Å². The Morgan fingerprint density at radius 2 is 1.65 bits per heavy atom. The van der Waals surface area contributed by atoms with Gasteiger partial charge in [0.2, 0.25) is 0 Å². The lowest BCUT2D eigenvalue weighted by atomic mass is 10.1. The van der Waals surface area contributed by atoms with E-state index in [-0.39, 0.29) is 5.69 Å². The van der Waals surface area contributed by atoms with E-state index in [0.29, 0.717) is 6.54 Å². The molecule has 1 aromatic rings. The number of halogens is 4. The van der Waals surface area contributed by atoms with E-state index in [1.165, 1.54) is 26.0 Å². The average Bonchev–Trinajstić information content (AvgIpc) is 2.48. The van der Waals surface area contributed by atoms with Crippen LogP contribution in [0.15, 0.2) is 24.3 Å². The first-order chi connectivity index (χ1) is 10.7. The van der Waals surface area contributed by atoms with Crippen LogP contribution in [0.3, 0.4) is 0 Å². The molecule has 0 aliphatic rings. The molecule has 9 heteroatoms. The van der Waals surface area contributed by atoms with Crippen molar-refractivity contribution in [3.63, 3.8) is 0 Å². The van der Waals surface area contributed by atoms with Gasteiger partial charge in [-0.25, -0.2) is 0 Å². The van der Waals surface area contributed by atoms with Crippen LogP contribution in [0.5, 0.6) is 0 Å². The highest BCUT2D eigenvalue weighted by molar-refractivity contribution is 7.55. The molecule has 0 atom stereocenters. The lowest BCUT2D eigenvalue weighted by molar-refractivity contribution is -0.177. The molecule has 0 aliphatic heterocycles. The smallest absolute Gasteiger partial charge is 0.385 e. The number of anilines is 1. The maximum Gasteiger partial charge on any atom is 0.411 e. The summed E-state index contributed by atoms with van der Waals surface area (Å²) < 4.78 is 78.5. The third kappa shape index (κ3) is 3.87. The van der Waals surface area contributed by atoms with Crippen LogP contribution in [0.2, 0.25) is 0 Å². The standard InChI is InChI=1S/C14H20F4NO3P/c1-4-19-12-9-7-8-11(10-12)13(15,16)14(17,18)23(20,21-5-2)22-6-3/h7-10,19H,4-6H2,1-3H3. The molecule has 0 heterocycles. The highest BCUT2D eigenvalue weighted by Crippen LogP contribution is 2.69. The van der Waals surface area contributed by atoms with Gasteiger partial charge >= 0.3 is 19.2 Å². The molecule has 0 unspecified atom stereocenters. The number of hydrogen-bond acceptors (Lipinski definition) is 4. The summed E-state index contributed by atoms with van der Waals surface area (Å²) in [5.41, 5.74) is -5.72. The highest BCUT2D eigenvalue weighted by Gasteiger charge is 2.70. The molecule has 0 radical (unpaired) electrons. The molecule has 1 rings (SSSR count). The first kappa shape index (κ1) is 19.9. The van der Waals surface area contributed by atoms with Gasteiger partial charge in [-0.05, 0) is 32.9 Å². The van der Waals surface area contributed by atoms with Crippen molar-refractivity contribution in [3.8, 4) is 0 Å². The van der Waals surface area contributed by atoms with Gasteiger partial charge in [-0.2, -0.15) is 17.6 Å². The van der Waals surface area contributed by atoms with Crippen LogP contribution < -0.4 is 5.32 Å². The van der Waals surface area contributed by atoms with Crippen LogP contribution in [0, 0.1) is 0 Å². The zero-order chi connectivity index (χ0) is 17.7. The van der Waals surface area contributed by atoms with Crippen molar-refractivity contribution >= 4 is 13.3 Å². The summed E-state index contributed by atoms with van der Waals surface area (Å²) in [6, 6.07) is 4.41. The fourth-order valence-corrected chi connectivity index (χ4v) is 3.47. The van der Waals surface area contributed by atoms with Crippen LogP contribution in [0.1, 0.15) is 26.3 Å². The first-order valence-corrected chi connectivity index (χ1v) is 8.69. The molecule has 23 heavy (non-hydrogen) atoms. The molecule has 0 saturated heterocycles. The Kier molecular flexibility index (Phi) is 6.62. The summed E-state index contributed by atoms with van der Waals surface area (Å²) >= 11 is 0. The molecule has 0 bridgehead atoms. The SMILES string of the molecule is CCNc1cccc(C(F)(F)C(F)(F)P(=O)(OCC)OCC)c1. The minimum Gasteiger partial charge on any atom is -0.385 e. The summed E-state index contributed by atoms with van der Waals surface area (Å²) in [6.07, 6.45) is 0. The normalized spacial score (nSPS) is 13.2. The van der Waals surface area contributed by atoms with E-state index in [2.05, 4.69) is 14.4 Å². The van der Waals surface area contributed by atoms with Crippen molar-refractivity contribution in [3.05, 3.63) is 29.8 Å². The summed E-state index contributed by atoms with van der Waals surface area (Å²) in [5, 5.41) is 2.75. The zero-order valence-corrected chi connectivity index (χ0v) is 14.0. The Morgan fingerprint density at radius 3 is 2.13 bits per heavy atom. The van der Waals surface area contributed by atoms with Gasteiger partial charge in [-0.3, -0.25) is 4.57 Å². The molecule has 0 saturated carbocycles. The largest absolute Gasteiger partial charge is 0.411 e. The van der Waals surface area contributed by atoms with E-state index in [9.17, 15) is 22.1 Å². The van der Waals surface area contributed by atoms with Gasteiger partial charge in [0.05, 0.1) is 13.2 Å². The second-order valence-electron chi connectivity index (χ2n) is 4.56. The molecule has 1 aromatic carbocycles. The number of hydrogen-bond donors (Lipinski definition) is 1. The van der Waals surface area contributed by atoms with Crippen LogP contribution in [0.25, 0.3) is 0 Å². The molecule has 1 N–H and O–H groups in total. The van der Waals surface area contributed by atoms with Crippen molar-refractivity contribution in [1.29, 1.82) is 0 Å². The zero-order valence-electron chi connectivity index (χ0n) is 13.1. The third-order valence-electron chi connectivity index (χ3n) is 2.93. The highest BCUT2D eigenvalue weighted by atomic mass is 31.2. The molecular formula is C14H20F4NO3P. The third-order valence-corrected chi connectivity index (χ3v) is 5.09. The second-order valence-corrected chi connectivity index (χ2v) is 6.63. The molecular weight excluding hydrogens is 337 g/mol. The molecule has 0 fully saturated rings. The fourth-order valence-electron chi connectivity index (χ4n) is 1.91. The lowest BCUT2D eigenvalue weighted by Crippen LogP contribution is -2.39. The molecule has 0 amide bonds. The predicted molar refractivity (Wildman–Crippen MR) is 80.3 cm³/mol. The van der Waals surface area contributed by atoms with E-state index in [0.717, 1.165) is 12.1 Å². The minimum absolute atomic E-state index is 0.253. The molecule has 0 spiro atoms. The maximum absolute atomic E-state index is 14.4. The number of benzene rings is 1. The predicted octanol–water partition coefficient (Wildman–Crippen LogP) is 5.07. The van der Waals surface area contributed by atoms with E-state index in [1.54, 1.807) is 6.92 Å². The quantitative estimate of drug-likeness (QED) is 0.495. The van der Waals surface area contributed by atoms with Gasteiger partial charge in [0.1, 0.15) is 0 Å². The van der Waals surface area contributed by atoms with Crippen LogP contribution in [-0.2, 0) is 19.5 Å². The summed E-state index contributed by atoms with van der Waals surface area (Å²) in [7, 11) is -5.34. The van der Waals surface area contributed by atoms with E-state index in [4.69, 9.17) is 0 Å². The van der Waals surface area contributed by atoms with E-state index in [1.807, 2.05) is 0 Å².